The van der Waals surface area contributed by atoms with E-state index in [1.807, 2.05) is 0 Å². The van der Waals surface area contributed by atoms with Crippen LogP contribution in [0.2, 0.25) is 0 Å². The number of nitrogens with zero attached hydrogens (tertiary/aromatic N) is 3. The van der Waals surface area contributed by atoms with Gasteiger partial charge in [0.2, 0.25) is 5.91 Å². The van der Waals surface area contributed by atoms with Crippen LogP contribution in [0.15, 0.2) is 4.99 Å². The molecular formula is C19H37N5O2. The maximum Gasteiger partial charge on any atom is 0.243 e. The van der Waals surface area contributed by atoms with Crippen LogP contribution in [0.5, 0.6) is 0 Å². The first-order chi connectivity index (χ1) is 12.6. The van der Waals surface area contributed by atoms with Crippen molar-refractivity contribution in [2.45, 2.75) is 45.1 Å². The normalized spacial score (nSPS) is 22.4. The molecule has 2 heterocycles. The predicted octanol–water partition coefficient (Wildman–Crippen LogP) is 0.911. The Morgan fingerprint density at radius 1 is 1.27 bits per heavy atom. The van der Waals surface area contributed by atoms with Gasteiger partial charge in [-0.05, 0) is 32.2 Å². The second-order valence-electron chi connectivity index (χ2n) is 7.68. The fourth-order valence-corrected chi connectivity index (χ4v) is 3.30. The largest absolute Gasteiger partial charge is 0.381 e. The molecule has 7 heteroatoms. The molecule has 2 rings (SSSR count). The average Bonchev–Trinajstić information content (AvgIpc) is 3.16. The monoisotopic (exact) mass is 367 g/mol. The standard InChI is InChI=1S/C19H37N5O2/c1-4-5-9-24-10-6-17(7-11-24)22-19(21-14-18(25)23(2)3)20-13-16-8-12-26-15-16/h16-17H,4-15H2,1-3H3,(H2,20,21,22). The number of hydrogen-bond acceptors (Lipinski definition) is 4. The van der Waals surface area contributed by atoms with Crippen molar-refractivity contribution in [3.63, 3.8) is 0 Å². The van der Waals surface area contributed by atoms with Gasteiger partial charge in [0.25, 0.3) is 0 Å². The number of unbranched alkanes of at least 4 members (excludes halogenated alkanes) is 1. The second-order valence-corrected chi connectivity index (χ2v) is 7.68. The SMILES string of the molecule is CCCCN1CCC(NC(=NCC(=O)N(C)C)NCC2CCOC2)CC1. The number of ether oxygens (including phenoxy) is 1. The molecule has 2 aliphatic heterocycles. The highest BCUT2D eigenvalue weighted by Crippen LogP contribution is 2.12. The van der Waals surface area contributed by atoms with Gasteiger partial charge in [0.15, 0.2) is 5.96 Å². The summed E-state index contributed by atoms with van der Waals surface area (Å²) >= 11 is 0. The second kappa shape index (κ2) is 11.4. The number of guanidine groups is 1. The minimum absolute atomic E-state index is 0.0182. The summed E-state index contributed by atoms with van der Waals surface area (Å²) in [5.74, 6) is 1.31. The van der Waals surface area contributed by atoms with Gasteiger partial charge < -0.3 is 25.2 Å². The third kappa shape index (κ3) is 7.50. The van der Waals surface area contributed by atoms with Crippen LogP contribution < -0.4 is 10.6 Å². The molecule has 0 aromatic carbocycles. The van der Waals surface area contributed by atoms with Crippen molar-refractivity contribution >= 4 is 11.9 Å². The smallest absolute Gasteiger partial charge is 0.243 e. The Morgan fingerprint density at radius 2 is 2.04 bits per heavy atom. The summed E-state index contributed by atoms with van der Waals surface area (Å²) in [5.41, 5.74) is 0. The van der Waals surface area contributed by atoms with Gasteiger partial charge in [-0.3, -0.25) is 4.79 Å². The summed E-state index contributed by atoms with van der Waals surface area (Å²) < 4.78 is 5.45. The molecule has 2 saturated heterocycles. The van der Waals surface area contributed by atoms with E-state index in [2.05, 4.69) is 27.4 Å². The van der Waals surface area contributed by atoms with E-state index in [1.54, 1.807) is 19.0 Å². The number of nitrogens with one attached hydrogen (secondary N) is 2. The molecule has 0 aromatic heterocycles. The lowest BCUT2D eigenvalue weighted by Crippen LogP contribution is -2.49. The zero-order valence-corrected chi connectivity index (χ0v) is 16.8. The van der Waals surface area contributed by atoms with Gasteiger partial charge >= 0.3 is 0 Å². The van der Waals surface area contributed by atoms with Crippen molar-refractivity contribution in [3.05, 3.63) is 0 Å². The van der Waals surface area contributed by atoms with Gasteiger partial charge in [0, 0.05) is 52.3 Å². The van der Waals surface area contributed by atoms with Crippen molar-refractivity contribution in [1.29, 1.82) is 0 Å². The molecule has 0 bridgehead atoms. The molecule has 0 aliphatic carbocycles. The quantitative estimate of drug-likeness (QED) is 0.493. The van der Waals surface area contributed by atoms with E-state index in [1.165, 1.54) is 19.4 Å². The molecule has 0 aromatic rings. The molecule has 150 valence electrons. The van der Waals surface area contributed by atoms with Gasteiger partial charge in [0.1, 0.15) is 6.54 Å². The van der Waals surface area contributed by atoms with E-state index >= 15 is 0 Å². The van der Waals surface area contributed by atoms with Crippen LogP contribution in [-0.2, 0) is 9.53 Å². The van der Waals surface area contributed by atoms with Crippen LogP contribution in [0.3, 0.4) is 0 Å². The third-order valence-corrected chi connectivity index (χ3v) is 5.21. The van der Waals surface area contributed by atoms with Crippen LogP contribution in [0, 0.1) is 5.92 Å². The van der Waals surface area contributed by atoms with E-state index < -0.39 is 0 Å². The molecule has 0 spiro atoms. The molecule has 1 amide bonds. The zero-order valence-electron chi connectivity index (χ0n) is 16.8. The lowest BCUT2D eigenvalue weighted by Gasteiger charge is -2.33. The highest BCUT2D eigenvalue weighted by atomic mass is 16.5. The minimum atomic E-state index is 0.0182. The molecule has 2 fully saturated rings. The Labute approximate surface area is 158 Å². The summed E-state index contributed by atoms with van der Waals surface area (Å²) in [6.45, 7) is 8.41. The number of aliphatic imine (C=N–C) groups is 1. The molecule has 2 N–H and O–H groups in total. The van der Waals surface area contributed by atoms with Crippen LogP contribution in [-0.4, -0.2) is 87.7 Å². The van der Waals surface area contributed by atoms with Gasteiger partial charge in [-0.15, -0.1) is 0 Å². The number of carbonyl (C=O) groups is 1. The molecule has 2 aliphatic rings. The lowest BCUT2D eigenvalue weighted by atomic mass is 10.0. The maximum atomic E-state index is 11.9. The maximum absolute atomic E-state index is 11.9. The van der Waals surface area contributed by atoms with Crippen LogP contribution >= 0.6 is 0 Å². The first-order valence-electron chi connectivity index (χ1n) is 10.1. The number of amides is 1. The first kappa shape index (κ1) is 21.0. The van der Waals surface area contributed by atoms with E-state index in [9.17, 15) is 4.79 Å². The Morgan fingerprint density at radius 3 is 2.65 bits per heavy atom. The van der Waals surface area contributed by atoms with Crippen molar-refractivity contribution in [2.75, 3.05) is 60.0 Å². The Balaban J connectivity index is 1.82. The lowest BCUT2D eigenvalue weighted by molar-refractivity contribution is -0.127. The van der Waals surface area contributed by atoms with Gasteiger partial charge in [-0.1, -0.05) is 13.3 Å². The highest BCUT2D eigenvalue weighted by molar-refractivity contribution is 5.84. The molecule has 1 atom stereocenters. The van der Waals surface area contributed by atoms with Crippen molar-refractivity contribution in [1.82, 2.24) is 20.4 Å². The first-order valence-corrected chi connectivity index (χ1v) is 10.1. The fourth-order valence-electron chi connectivity index (χ4n) is 3.30. The fraction of sp³-hybridized carbons (Fsp3) is 0.895. The molecule has 26 heavy (non-hydrogen) atoms. The average molecular weight is 368 g/mol. The number of hydrogen-bond donors (Lipinski definition) is 2. The summed E-state index contributed by atoms with van der Waals surface area (Å²) in [7, 11) is 3.53. The molecule has 7 nitrogen and oxygen atoms in total. The topological polar surface area (TPSA) is 69.2 Å². The zero-order chi connectivity index (χ0) is 18.8. The van der Waals surface area contributed by atoms with Crippen molar-refractivity contribution in [3.8, 4) is 0 Å². The molecular weight excluding hydrogens is 330 g/mol. The predicted molar refractivity (Wildman–Crippen MR) is 105 cm³/mol. The van der Waals surface area contributed by atoms with Crippen LogP contribution in [0.25, 0.3) is 0 Å². The summed E-state index contributed by atoms with van der Waals surface area (Å²) in [5, 5.41) is 6.97. The number of piperidine rings is 1. The number of likely N-dealkylation sites (tertiary alicyclic amines) is 1. The van der Waals surface area contributed by atoms with Crippen molar-refractivity contribution < 1.29 is 9.53 Å². The Bertz CT molecular complexity index is 441. The van der Waals surface area contributed by atoms with Gasteiger partial charge in [0.05, 0.1) is 6.61 Å². The Hall–Kier alpha value is -1.34. The van der Waals surface area contributed by atoms with Gasteiger partial charge in [-0.2, -0.15) is 0 Å². The summed E-state index contributed by atoms with van der Waals surface area (Å²) in [6.07, 6.45) is 5.87. The third-order valence-electron chi connectivity index (χ3n) is 5.21. The molecule has 0 saturated carbocycles. The number of rotatable bonds is 8. The van der Waals surface area contributed by atoms with E-state index in [4.69, 9.17) is 4.74 Å². The van der Waals surface area contributed by atoms with Gasteiger partial charge in [-0.25, -0.2) is 4.99 Å². The van der Waals surface area contributed by atoms with E-state index in [-0.39, 0.29) is 12.5 Å². The number of likely N-dealkylation sites (N-methyl/N-ethyl adjacent to an activating group) is 1. The van der Waals surface area contributed by atoms with Crippen LogP contribution in [0.1, 0.15) is 39.0 Å². The minimum Gasteiger partial charge on any atom is -0.381 e. The van der Waals surface area contributed by atoms with Crippen LogP contribution in [0.4, 0.5) is 0 Å². The number of carbonyl (C=O) groups excluding carboxylic acids is 1. The van der Waals surface area contributed by atoms with E-state index in [0.717, 1.165) is 58.1 Å². The van der Waals surface area contributed by atoms with Crippen molar-refractivity contribution in [2.24, 2.45) is 10.9 Å². The van der Waals surface area contributed by atoms with E-state index in [0.29, 0.717) is 12.0 Å². The summed E-state index contributed by atoms with van der Waals surface area (Å²) in [6, 6.07) is 0.424. The highest BCUT2D eigenvalue weighted by Gasteiger charge is 2.21. The molecule has 0 radical (unpaired) electrons. The Kier molecular flexibility index (Phi) is 9.18. The molecule has 1 unspecified atom stereocenters. The summed E-state index contributed by atoms with van der Waals surface area (Å²) in [4.78, 5) is 20.5.